The average Bonchev–Trinajstić information content (AvgIpc) is 2.71. The normalized spacial score (nSPS) is 11.4. The maximum absolute atomic E-state index is 12.9. The summed E-state index contributed by atoms with van der Waals surface area (Å²) in [4.78, 5) is 24.3. The summed E-state index contributed by atoms with van der Waals surface area (Å²) < 4.78 is 18.6. The fourth-order valence-electron chi connectivity index (χ4n) is 2.89. The largest absolute Gasteiger partial charge is 0.457 e. The van der Waals surface area contributed by atoms with Gasteiger partial charge in [0.05, 0.1) is 0 Å². The number of halogens is 1. The Balaban J connectivity index is 1.44. The summed E-state index contributed by atoms with van der Waals surface area (Å²) in [6.07, 6.45) is 0.397. The average molecular weight is 406 g/mol. The fourth-order valence-corrected chi connectivity index (χ4v) is 2.89. The van der Waals surface area contributed by atoms with Gasteiger partial charge in [-0.3, -0.25) is 9.59 Å². The number of rotatable bonds is 8. The van der Waals surface area contributed by atoms with Gasteiger partial charge in [-0.25, -0.2) is 4.39 Å². The van der Waals surface area contributed by atoms with Crippen molar-refractivity contribution in [2.24, 2.45) is 5.92 Å². The Morgan fingerprint density at radius 1 is 0.767 bits per heavy atom. The second-order valence-corrected chi connectivity index (χ2v) is 7.06. The number of carbonyl (C=O) groups excluding carboxylic acids is 2. The number of amides is 2. The molecule has 0 radical (unpaired) electrons. The van der Waals surface area contributed by atoms with Crippen molar-refractivity contribution < 1.29 is 18.7 Å². The van der Waals surface area contributed by atoms with Gasteiger partial charge in [0, 0.05) is 24.2 Å². The van der Waals surface area contributed by atoms with Gasteiger partial charge >= 0.3 is 0 Å². The number of anilines is 2. The van der Waals surface area contributed by atoms with Crippen LogP contribution in [0.15, 0.2) is 78.9 Å². The van der Waals surface area contributed by atoms with Crippen LogP contribution in [0.1, 0.15) is 19.8 Å². The van der Waals surface area contributed by atoms with Crippen LogP contribution in [0.4, 0.5) is 15.8 Å². The first-order valence-electron chi connectivity index (χ1n) is 9.66. The molecule has 1 atom stereocenters. The van der Waals surface area contributed by atoms with Crippen molar-refractivity contribution in [1.82, 2.24) is 0 Å². The van der Waals surface area contributed by atoms with E-state index in [0.717, 1.165) is 5.75 Å². The van der Waals surface area contributed by atoms with Gasteiger partial charge in [-0.15, -0.1) is 0 Å². The van der Waals surface area contributed by atoms with Crippen molar-refractivity contribution >= 4 is 23.2 Å². The molecule has 0 spiro atoms. The zero-order valence-electron chi connectivity index (χ0n) is 16.6. The molecule has 0 bridgehead atoms. The Morgan fingerprint density at radius 2 is 1.23 bits per heavy atom. The van der Waals surface area contributed by atoms with Crippen LogP contribution in [0.25, 0.3) is 0 Å². The lowest BCUT2D eigenvalue weighted by Gasteiger charge is -2.12. The van der Waals surface area contributed by atoms with E-state index in [1.54, 1.807) is 24.3 Å². The lowest BCUT2D eigenvalue weighted by molar-refractivity contribution is -0.118. The molecular weight excluding hydrogens is 383 g/mol. The summed E-state index contributed by atoms with van der Waals surface area (Å²) in [7, 11) is 0. The summed E-state index contributed by atoms with van der Waals surface area (Å²) in [5.74, 6) is 0.508. The first-order chi connectivity index (χ1) is 14.5. The molecule has 0 fully saturated rings. The van der Waals surface area contributed by atoms with Gasteiger partial charge in [-0.2, -0.15) is 0 Å². The molecule has 0 aliphatic carbocycles. The Labute approximate surface area is 174 Å². The Kier molecular flexibility index (Phi) is 7.16. The van der Waals surface area contributed by atoms with Crippen LogP contribution in [0, 0.1) is 11.7 Å². The summed E-state index contributed by atoms with van der Waals surface area (Å²) >= 11 is 0. The minimum atomic E-state index is -0.363. The maximum Gasteiger partial charge on any atom is 0.224 e. The zero-order chi connectivity index (χ0) is 21.3. The number of benzene rings is 3. The second-order valence-electron chi connectivity index (χ2n) is 7.06. The van der Waals surface area contributed by atoms with Crippen LogP contribution in [0.5, 0.6) is 11.5 Å². The Bertz CT molecular complexity index is 974. The van der Waals surface area contributed by atoms with Crippen molar-refractivity contribution in [2.75, 3.05) is 10.6 Å². The van der Waals surface area contributed by atoms with Gasteiger partial charge < -0.3 is 15.4 Å². The van der Waals surface area contributed by atoms with E-state index in [-0.39, 0.29) is 36.4 Å². The van der Waals surface area contributed by atoms with Gasteiger partial charge in [0.15, 0.2) is 0 Å². The molecule has 0 aromatic heterocycles. The van der Waals surface area contributed by atoms with Gasteiger partial charge in [0.1, 0.15) is 17.3 Å². The molecule has 0 heterocycles. The van der Waals surface area contributed by atoms with E-state index in [4.69, 9.17) is 4.74 Å². The molecule has 0 aliphatic rings. The van der Waals surface area contributed by atoms with E-state index in [1.165, 1.54) is 24.3 Å². The topological polar surface area (TPSA) is 67.4 Å². The predicted molar refractivity (Wildman–Crippen MR) is 115 cm³/mol. The van der Waals surface area contributed by atoms with E-state index in [0.29, 0.717) is 17.1 Å². The molecule has 3 aromatic rings. The smallest absolute Gasteiger partial charge is 0.224 e. The number of nitrogens with one attached hydrogen (secondary N) is 2. The van der Waals surface area contributed by atoms with E-state index < -0.39 is 0 Å². The van der Waals surface area contributed by atoms with Crippen LogP contribution in [-0.4, -0.2) is 11.8 Å². The van der Waals surface area contributed by atoms with E-state index in [9.17, 15) is 14.0 Å². The number of carbonyl (C=O) groups is 2. The molecular formula is C24H23FN2O3. The molecule has 30 heavy (non-hydrogen) atoms. The summed E-state index contributed by atoms with van der Waals surface area (Å²) in [6, 6.07) is 22.1. The van der Waals surface area contributed by atoms with Crippen LogP contribution < -0.4 is 15.4 Å². The van der Waals surface area contributed by atoms with Crippen LogP contribution in [0.3, 0.4) is 0 Å². The number of hydrogen-bond donors (Lipinski definition) is 2. The molecule has 3 rings (SSSR count). The highest BCUT2D eigenvalue weighted by molar-refractivity contribution is 5.93. The standard InChI is InChI=1S/C24H23FN2O3/c1-17(15-23(28)26-19-9-7-18(25)8-10-19)16-24(29)27-20-11-13-22(14-12-20)30-21-5-3-2-4-6-21/h2-14,17H,15-16H2,1H3,(H,26,28)(H,27,29)/t17-/m0/s1. The molecule has 0 saturated carbocycles. The summed E-state index contributed by atoms with van der Waals surface area (Å²) in [6.45, 7) is 1.83. The van der Waals surface area contributed by atoms with Crippen LogP contribution in [-0.2, 0) is 9.59 Å². The zero-order valence-corrected chi connectivity index (χ0v) is 16.6. The summed E-state index contributed by atoms with van der Waals surface area (Å²) in [5, 5.41) is 5.52. The van der Waals surface area contributed by atoms with Gasteiger partial charge in [-0.05, 0) is 66.6 Å². The quantitative estimate of drug-likeness (QED) is 0.511. The predicted octanol–water partition coefficient (Wildman–Crippen LogP) is 5.61. The lowest BCUT2D eigenvalue weighted by atomic mass is 10.0. The molecule has 2 N–H and O–H groups in total. The molecule has 154 valence electrons. The SMILES string of the molecule is C[C@@H](CC(=O)Nc1ccc(F)cc1)CC(=O)Nc1ccc(Oc2ccccc2)cc1. The van der Waals surface area contributed by atoms with Gasteiger partial charge in [0.25, 0.3) is 0 Å². The fraction of sp³-hybridized carbons (Fsp3) is 0.167. The summed E-state index contributed by atoms with van der Waals surface area (Å²) in [5.41, 5.74) is 1.18. The van der Waals surface area contributed by atoms with Gasteiger partial charge in [0.2, 0.25) is 11.8 Å². The highest BCUT2D eigenvalue weighted by atomic mass is 19.1. The van der Waals surface area contributed by atoms with Gasteiger partial charge in [-0.1, -0.05) is 25.1 Å². The van der Waals surface area contributed by atoms with E-state index in [2.05, 4.69) is 10.6 Å². The van der Waals surface area contributed by atoms with E-state index >= 15 is 0 Å². The maximum atomic E-state index is 12.9. The highest BCUT2D eigenvalue weighted by Gasteiger charge is 2.14. The first-order valence-corrected chi connectivity index (χ1v) is 9.66. The third-order valence-electron chi connectivity index (χ3n) is 4.31. The molecule has 2 amide bonds. The first kappa shape index (κ1) is 21.0. The third-order valence-corrected chi connectivity index (χ3v) is 4.31. The van der Waals surface area contributed by atoms with Crippen molar-refractivity contribution in [3.63, 3.8) is 0 Å². The van der Waals surface area contributed by atoms with Crippen molar-refractivity contribution in [3.8, 4) is 11.5 Å². The molecule has 6 heteroatoms. The molecule has 0 saturated heterocycles. The lowest BCUT2D eigenvalue weighted by Crippen LogP contribution is -2.20. The Morgan fingerprint density at radius 3 is 1.77 bits per heavy atom. The monoisotopic (exact) mass is 406 g/mol. The van der Waals surface area contributed by atoms with E-state index in [1.807, 2.05) is 37.3 Å². The third kappa shape index (κ3) is 6.74. The molecule has 3 aromatic carbocycles. The van der Waals surface area contributed by atoms with Crippen LogP contribution in [0.2, 0.25) is 0 Å². The molecule has 0 unspecified atom stereocenters. The van der Waals surface area contributed by atoms with Crippen LogP contribution >= 0.6 is 0 Å². The minimum Gasteiger partial charge on any atom is -0.457 e. The Hall–Kier alpha value is -3.67. The molecule has 5 nitrogen and oxygen atoms in total. The number of ether oxygens (including phenoxy) is 1. The van der Waals surface area contributed by atoms with Crippen molar-refractivity contribution in [2.45, 2.75) is 19.8 Å². The highest BCUT2D eigenvalue weighted by Crippen LogP contribution is 2.23. The minimum absolute atomic E-state index is 0.147. The number of hydrogen-bond acceptors (Lipinski definition) is 3. The molecule has 0 aliphatic heterocycles. The van der Waals surface area contributed by atoms with Crippen molar-refractivity contribution in [1.29, 1.82) is 0 Å². The second kappa shape index (κ2) is 10.2. The number of para-hydroxylation sites is 1. The van der Waals surface area contributed by atoms with Crippen molar-refractivity contribution in [3.05, 3.63) is 84.7 Å².